The molecule has 0 atom stereocenters. The molecule has 0 aliphatic heterocycles. The lowest BCUT2D eigenvalue weighted by molar-refractivity contribution is -0.385. The van der Waals surface area contributed by atoms with Crippen LogP contribution in [0.3, 0.4) is 0 Å². The summed E-state index contributed by atoms with van der Waals surface area (Å²) in [5.74, 6) is -1.22. The Bertz CT molecular complexity index is 558. The summed E-state index contributed by atoms with van der Waals surface area (Å²) in [7, 11) is 1.73. The van der Waals surface area contributed by atoms with E-state index in [9.17, 15) is 19.3 Å². The third-order valence-corrected chi connectivity index (χ3v) is 3.99. The van der Waals surface area contributed by atoms with Crippen LogP contribution in [0.15, 0.2) is 18.2 Å². The highest BCUT2D eigenvalue weighted by atomic mass is 19.1. The molecule has 1 aliphatic rings. The predicted octanol–water partition coefficient (Wildman–Crippen LogP) is 2.90. The standard InChI is InChI=1S/C15H19FN2O4/c1-17(11-5-3-2-4-6-11)15(19)10-22-14-8-7-12(18(20)21)9-13(14)16/h7-9,11H,2-6,10H2,1H3. The molecule has 0 N–H and O–H groups in total. The summed E-state index contributed by atoms with van der Waals surface area (Å²) < 4.78 is 18.8. The van der Waals surface area contributed by atoms with Crippen molar-refractivity contribution < 1.29 is 18.8 Å². The van der Waals surface area contributed by atoms with Gasteiger partial charge in [0.15, 0.2) is 18.2 Å². The van der Waals surface area contributed by atoms with Crippen molar-refractivity contribution in [3.8, 4) is 5.75 Å². The molecule has 0 unspecified atom stereocenters. The minimum atomic E-state index is -0.845. The molecule has 0 bridgehead atoms. The highest BCUT2D eigenvalue weighted by molar-refractivity contribution is 5.77. The smallest absolute Gasteiger partial charge is 0.272 e. The second kappa shape index (κ2) is 7.20. The maximum atomic E-state index is 13.7. The van der Waals surface area contributed by atoms with E-state index >= 15 is 0 Å². The first-order chi connectivity index (χ1) is 10.5. The van der Waals surface area contributed by atoms with Gasteiger partial charge < -0.3 is 9.64 Å². The van der Waals surface area contributed by atoms with Gasteiger partial charge in [-0.25, -0.2) is 4.39 Å². The van der Waals surface area contributed by atoms with Crippen molar-refractivity contribution in [2.24, 2.45) is 0 Å². The average Bonchev–Trinajstić information content (AvgIpc) is 2.53. The summed E-state index contributed by atoms with van der Waals surface area (Å²) in [6.07, 6.45) is 5.38. The molecule has 0 saturated heterocycles. The number of carbonyl (C=O) groups excluding carboxylic acids is 1. The number of carbonyl (C=O) groups is 1. The van der Waals surface area contributed by atoms with Crippen LogP contribution in [0.1, 0.15) is 32.1 Å². The minimum absolute atomic E-state index is 0.156. The van der Waals surface area contributed by atoms with Crippen LogP contribution in [0.4, 0.5) is 10.1 Å². The Morgan fingerprint density at radius 2 is 2.09 bits per heavy atom. The molecule has 0 spiro atoms. The lowest BCUT2D eigenvalue weighted by Crippen LogP contribution is -2.40. The highest BCUT2D eigenvalue weighted by Crippen LogP contribution is 2.24. The van der Waals surface area contributed by atoms with Gasteiger partial charge in [0.25, 0.3) is 11.6 Å². The van der Waals surface area contributed by atoms with Crippen LogP contribution in [0.5, 0.6) is 5.75 Å². The first-order valence-electron chi connectivity index (χ1n) is 7.31. The Kier molecular flexibility index (Phi) is 5.30. The molecule has 1 saturated carbocycles. The number of halogens is 1. The van der Waals surface area contributed by atoms with Gasteiger partial charge in [0.2, 0.25) is 0 Å². The molecule has 120 valence electrons. The van der Waals surface area contributed by atoms with Gasteiger partial charge in [-0.15, -0.1) is 0 Å². The molecule has 2 rings (SSSR count). The molecular formula is C15H19FN2O4. The number of nitro groups is 1. The maximum absolute atomic E-state index is 13.7. The van der Waals surface area contributed by atoms with Gasteiger partial charge in [-0.3, -0.25) is 14.9 Å². The second-order valence-electron chi connectivity index (χ2n) is 5.46. The zero-order chi connectivity index (χ0) is 16.1. The molecule has 0 heterocycles. The minimum Gasteiger partial charge on any atom is -0.481 e. The van der Waals surface area contributed by atoms with Gasteiger partial charge in [-0.1, -0.05) is 19.3 Å². The SMILES string of the molecule is CN(C(=O)COc1ccc([N+](=O)[O-])cc1F)C1CCCCC1. The molecule has 0 aromatic heterocycles. The summed E-state index contributed by atoms with van der Waals surface area (Å²) in [5.41, 5.74) is -0.351. The third kappa shape index (κ3) is 3.93. The van der Waals surface area contributed by atoms with E-state index in [1.165, 1.54) is 12.5 Å². The van der Waals surface area contributed by atoms with Crippen molar-refractivity contribution in [2.75, 3.05) is 13.7 Å². The van der Waals surface area contributed by atoms with Crippen LogP contribution in [0, 0.1) is 15.9 Å². The first kappa shape index (κ1) is 16.2. The molecule has 1 aromatic rings. The van der Waals surface area contributed by atoms with Gasteiger partial charge in [-0.05, 0) is 18.9 Å². The van der Waals surface area contributed by atoms with E-state index in [0.29, 0.717) is 0 Å². The van der Waals surface area contributed by atoms with Crippen LogP contribution in [0.2, 0.25) is 0 Å². The fourth-order valence-electron chi connectivity index (χ4n) is 2.63. The number of nitro benzene ring substituents is 1. The lowest BCUT2D eigenvalue weighted by atomic mass is 9.94. The normalized spacial score (nSPS) is 15.4. The van der Waals surface area contributed by atoms with Crippen molar-refractivity contribution in [1.82, 2.24) is 4.90 Å². The Balaban J connectivity index is 1.91. The predicted molar refractivity (Wildman–Crippen MR) is 78.2 cm³/mol. The highest BCUT2D eigenvalue weighted by Gasteiger charge is 2.22. The number of rotatable bonds is 5. The Hall–Kier alpha value is -2.18. The molecule has 0 radical (unpaired) electrons. The molecule has 6 nitrogen and oxygen atoms in total. The number of hydrogen-bond donors (Lipinski definition) is 0. The van der Waals surface area contributed by atoms with E-state index in [-0.39, 0.29) is 30.0 Å². The van der Waals surface area contributed by atoms with E-state index in [4.69, 9.17) is 4.74 Å². The average molecular weight is 310 g/mol. The maximum Gasteiger partial charge on any atom is 0.272 e. The molecular weight excluding hydrogens is 291 g/mol. The molecule has 1 aromatic carbocycles. The fraction of sp³-hybridized carbons (Fsp3) is 0.533. The van der Waals surface area contributed by atoms with Crippen molar-refractivity contribution in [3.05, 3.63) is 34.1 Å². The van der Waals surface area contributed by atoms with Crippen LogP contribution in [0.25, 0.3) is 0 Å². The number of amides is 1. The van der Waals surface area contributed by atoms with Crippen LogP contribution < -0.4 is 4.74 Å². The Labute approximate surface area is 128 Å². The summed E-state index contributed by atoms with van der Waals surface area (Å²) >= 11 is 0. The van der Waals surface area contributed by atoms with Crippen molar-refractivity contribution in [3.63, 3.8) is 0 Å². The van der Waals surface area contributed by atoms with Gasteiger partial charge in [-0.2, -0.15) is 0 Å². The number of benzene rings is 1. The van der Waals surface area contributed by atoms with Crippen molar-refractivity contribution in [1.29, 1.82) is 0 Å². The number of likely N-dealkylation sites (N-methyl/N-ethyl adjacent to an activating group) is 1. The van der Waals surface area contributed by atoms with Gasteiger partial charge in [0.05, 0.1) is 11.0 Å². The zero-order valence-electron chi connectivity index (χ0n) is 12.5. The Morgan fingerprint density at radius 1 is 1.41 bits per heavy atom. The molecule has 1 amide bonds. The van der Waals surface area contributed by atoms with Crippen molar-refractivity contribution >= 4 is 11.6 Å². The molecule has 22 heavy (non-hydrogen) atoms. The molecule has 1 fully saturated rings. The zero-order valence-corrected chi connectivity index (χ0v) is 12.5. The quantitative estimate of drug-likeness (QED) is 0.619. The summed E-state index contributed by atoms with van der Waals surface area (Å²) in [6, 6.07) is 3.31. The topological polar surface area (TPSA) is 72.7 Å². The number of nitrogens with zero attached hydrogens (tertiary/aromatic N) is 2. The molecule has 1 aliphatic carbocycles. The van der Waals surface area contributed by atoms with Crippen LogP contribution in [-0.2, 0) is 4.79 Å². The number of ether oxygens (including phenoxy) is 1. The first-order valence-corrected chi connectivity index (χ1v) is 7.31. The summed E-state index contributed by atoms with van der Waals surface area (Å²) in [6.45, 7) is -0.276. The third-order valence-electron chi connectivity index (χ3n) is 3.99. The van der Waals surface area contributed by atoms with Gasteiger partial charge in [0.1, 0.15) is 0 Å². The Morgan fingerprint density at radius 3 is 2.68 bits per heavy atom. The van der Waals surface area contributed by atoms with E-state index in [1.807, 2.05) is 0 Å². The van der Waals surface area contributed by atoms with E-state index in [2.05, 4.69) is 0 Å². The largest absolute Gasteiger partial charge is 0.481 e. The number of hydrogen-bond acceptors (Lipinski definition) is 4. The lowest BCUT2D eigenvalue weighted by Gasteiger charge is -2.31. The van der Waals surface area contributed by atoms with Gasteiger partial charge >= 0.3 is 0 Å². The second-order valence-corrected chi connectivity index (χ2v) is 5.46. The monoisotopic (exact) mass is 310 g/mol. The fourth-order valence-corrected chi connectivity index (χ4v) is 2.63. The number of non-ortho nitro benzene ring substituents is 1. The van der Waals surface area contributed by atoms with Crippen molar-refractivity contribution in [2.45, 2.75) is 38.1 Å². The molecule has 7 heteroatoms. The van der Waals surface area contributed by atoms with Gasteiger partial charge in [0, 0.05) is 19.2 Å². The van der Waals surface area contributed by atoms with Crippen LogP contribution >= 0.6 is 0 Å². The van der Waals surface area contributed by atoms with Crippen LogP contribution in [-0.4, -0.2) is 35.4 Å². The summed E-state index contributed by atoms with van der Waals surface area (Å²) in [4.78, 5) is 23.6. The van der Waals surface area contributed by atoms with E-state index in [0.717, 1.165) is 37.8 Å². The van der Waals surface area contributed by atoms with E-state index < -0.39 is 10.7 Å². The van der Waals surface area contributed by atoms with E-state index in [1.54, 1.807) is 11.9 Å². The summed E-state index contributed by atoms with van der Waals surface area (Å²) in [5, 5.41) is 10.5.